The van der Waals surface area contributed by atoms with Gasteiger partial charge in [-0.2, -0.15) is 8.42 Å². The molecule has 0 aliphatic rings. The molecule has 5 heteroatoms. The number of aliphatic hydroxyl groups excluding tert-OH is 1. The van der Waals surface area contributed by atoms with Crippen molar-refractivity contribution >= 4 is 10.1 Å². The smallest absolute Gasteiger partial charge is 0.267 e. The molecule has 0 aromatic heterocycles. The summed E-state index contributed by atoms with van der Waals surface area (Å²) in [6.45, 7) is 4.31. The fourth-order valence-electron chi connectivity index (χ4n) is 3.12. The minimum atomic E-state index is -3.94. The molecule has 2 N–H and O–H groups in total. The van der Waals surface area contributed by atoms with Crippen molar-refractivity contribution in [2.75, 3.05) is 0 Å². The molecule has 24 heavy (non-hydrogen) atoms. The van der Waals surface area contributed by atoms with Gasteiger partial charge < -0.3 is 5.11 Å². The second kappa shape index (κ2) is 15.2. The quantitative estimate of drug-likeness (QED) is 0.264. The first-order chi connectivity index (χ1) is 11.4. The van der Waals surface area contributed by atoms with Crippen molar-refractivity contribution < 1.29 is 18.1 Å². The molecule has 146 valence electrons. The summed E-state index contributed by atoms with van der Waals surface area (Å²) in [5.74, 6) is 0. The van der Waals surface area contributed by atoms with Crippen LogP contribution in [0.2, 0.25) is 0 Å². The lowest BCUT2D eigenvalue weighted by molar-refractivity contribution is 0.147. The van der Waals surface area contributed by atoms with E-state index in [9.17, 15) is 18.1 Å². The highest BCUT2D eigenvalue weighted by atomic mass is 32.2. The molecule has 0 saturated carbocycles. The normalized spacial score (nSPS) is 14.7. The molecule has 2 atom stereocenters. The summed E-state index contributed by atoms with van der Waals surface area (Å²) in [6, 6.07) is 0. The molecule has 2 unspecified atom stereocenters. The molecule has 0 rings (SSSR count). The van der Waals surface area contributed by atoms with Crippen molar-refractivity contribution in [2.45, 2.75) is 122 Å². The van der Waals surface area contributed by atoms with Gasteiger partial charge in [-0.1, -0.05) is 84.5 Å². The maximum absolute atomic E-state index is 11.5. The molecule has 0 aliphatic carbocycles. The van der Waals surface area contributed by atoms with Gasteiger partial charge in [0.2, 0.25) is 0 Å². The molecule has 0 bridgehead atoms. The predicted molar refractivity (Wildman–Crippen MR) is 102 cm³/mol. The van der Waals surface area contributed by atoms with E-state index in [1.807, 2.05) is 0 Å². The Bertz CT molecular complexity index is 368. The topological polar surface area (TPSA) is 74.6 Å². The Morgan fingerprint density at radius 3 is 1.54 bits per heavy atom. The molecule has 4 nitrogen and oxygen atoms in total. The third kappa shape index (κ3) is 14.2. The maximum Gasteiger partial charge on any atom is 0.267 e. The van der Waals surface area contributed by atoms with Gasteiger partial charge in [-0.05, 0) is 25.7 Å². The maximum atomic E-state index is 11.5. The Morgan fingerprint density at radius 1 is 0.667 bits per heavy atom. The van der Waals surface area contributed by atoms with Crippen LogP contribution in [0.4, 0.5) is 0 Å². The van der Waals surface area contributed by atoms with Gasteiger partial charge in [-0.25, -0.2) is 0 Å². The zero-order chi connectivity index (χ0) is 18.3. The van der Waals surface area contributed by atoms with Crippen LogP contribution in [-0.4, -0.2) is 29.4 Å². The highest BCUT2D eigenvalue weighted by Crippen LogP contribution is 2.19. The SMILES string of the molecule is CCCCCCCC(O)CCCCC(CCCCCC)S(=O)(=O)O. The molecule has 0 aliphatic heterocycles. The van der Waals surface area contributed by atoms with E-state index < -0.39 is 15.4 Å². The van der Waals surface area contributed by atoms with E-state index in [-0.39, 0.29) is 6.10 Å². The van der Waals surface area contributed by atoms with Crippen LogP contribution in [0.15, 0.2) is 0 Å². The van der Waals surface area contributed by atoms with Gasteiger partial charge in [0.1, 0.15) is 0 Å². The van der Waals surface area contributed by atoms with E-state index in [1.165, 1.54) is 25.7 Å². The van der Waals surface area contributed by atoms with Gasteiger partial charge >= 0.3 is 0 Å². The van der Waals surface area contributed by atoms with E-state index in [4.69, 9.17) is 0 Å². The van der Waals surface area contributed by atoms with Crippen LogP contribution < -0.4 is 0 Å². The summed E-state index contributed by atoms with van der Waals surface area (Å²) in [7, 11) is -3.94. The highest BCUT2D eigenvalue weighted by molar-refractivity contribution is 7.86. The van der Waals surface area contributed by atoms with Crippen molar-refractivity contribution in [3.05, 3.63) is 0 Å². The number of hydrogen-bond acceptors (Lipinski definition) is 3. The van der Waals surface area contributed by atoms with Crippen molar-refractivity contribution in [1.82, 2.24) is 0 Å². The third-order valence-corrected chi connectivity index (χ3v) is 6.07. The van der Waals surface area contributed by atoms with Crippen molar-refractivity contribution in [2.24, 2.45) is 0 Å². The zero-order valence-corrected chi connectivity index (χ0v) is 16.7. The van der Waals surface area contributed by atoms with Gasteiger partial charge in [0.05, 0.1) is 11.4 Å². The number of hydrogen-bond donors (Lipinski definition) is 2. The Labute approximate surface area is 150 Å². The van der Waals surface area contributed by atoms with Crippen LogP contribution >= 0.6 is 0 Å². The fourth-order valence-corrected chi connectivity index (χ4v) is 4.05. The average Bonchev–Trinajstić information content (AvgIpc) is 2.52. The first-order valence-corrected chi connectivity index (χ1v) is 11.6. The van der Waals surface area contributed by atoms with E-state index in [2.05, 4.69) is 13.8 Å². The van der Waals surface area contributed by atoms with Gasteiger partial charge in [0, 0.05) is 0 Å². The predicted octanol–water partition coefficient (Wildman–Crippen LogP) is 5.50. The van der Waals surface area contributed by atoms with E-state index >= 15 is 0 Å². The molecule has 0 amide bonds. The second-order valence-electron chi connectivity index (χ2n) is 7.13. The van der Waals surface area contributed by atoms with E-state index in [1.54, 1.807) is 0 Å². The lowest BCUT2D eigenvalue weighted by atomic mass is 10.0. The van der Waals surface area contributed by atoms with Crippen LogP contribution in [0.5, 0.6) is 0 Å². The van der Waals surface area contributed by atoms with Gasteiger partial charge in [-0.15, -0.1) is 0 Å². The van der Waals surface area contributed by atoms with E-state index in [0.717, 1.165) is 57.8 Å². The lowest BCUT2D eigenvalue weighted by Gasteiger charge is -2.15. The van der Waals surface area contributed by atoms with Crippen LogP contribution in [0.1, 0.15) is 110 Å². The molecule has 0 saturated heterocycles. The number of unbranched alkanes of at least 4 members (excludes halogenated alkanes) is 8. The third-order valence-electron chi connectivity index (χ3n) is 4.76. The van der Waals surface area contributed by atoms with Gasteiger partial charge in [0.15, 0.2) is 0 Å². The largest absolute Gasteiger partial charge is 0.393 e. The van der Waals surface area contributed by atoms with Crippen molar-refractivity contribution in [3.8, 4) is 0 Å². The summed E-state index contributed by atoms with van der Waals surface area (Å²) < 4.78 is 32.3. The van der Waals surface area contributed by atoms with Gasteiger partial charge in [-0.3, -0.25) is 4.55 Å². The Morgan fingerprint density at radius 2 is 1.04 bits per heavy atom. The summed E-state index contributed by atoms with van der Waals surface area (Å²) in [5.41, 5.74) is 0. The number of rotatable bonds is 17. The standard InChI is InChI=1S/C19H40O4S/c1-3-5-7-9-10-14-18(20)15-12-13-17-19(24(21,22)23)16-11-8-6-4-2/h18-20H,3-17H2,1-2H3,(H,21,22,23). The Balaban J connectivity index is 3.82. The minimum Gasteiger partial charge on any atom is -0.393 e. The monoisotopic (exact) mass is 364 g/mol. The van der Waals surface area contributed by atoms with Gasteiger partial charge in [0.25, 0.3) is 10.1 Å². The Hall–Kier alpha value is -0.130. The molecular weight excluding hydrogens is 324 g/mol. The summed E-state index contributed by atoms with van der Waals surface area (Å²) in [4.78, 5) is 0. The summed E-state index contributed by atoms with van der Waals surface area (Å²) >= 11 is 0. The molecule has 0 radical (unpaired) electrons. The van der Waals surface area contributed by atoms with Crippen LogP contribution in [0.25, 0.3) is 0 Å². The summed E-state index contributed by atoms with van der Waals surface area (Å²) in [5, 5.41) is 9.34. The van der Waals surface area contributed by atoms with Crippen molar-refractivity contribution in [3.63, 3.8) is 0 Å². The summed E-state index contributed by atoms with van der Waals surface area (Å²) in [6.07, 6.45) is 14.1. The van der Waals surface area contributed by atoms with E-state index in [0.29, 0.717) is 12.8 Å². The molecule has 0 spiro atoms. The number of aliphatic hydroxyl groups is 1. The molecular formula is C19H40O4S. The van der Waals surface area contributed by atoms with Crippen LogP contribution in [-0.2, 0) is 10.1 Å². The average molecular weight is 365 g/mol. The van der Waals surface area contributed by atoms with Crippen molar-refractivity contribution in [1.29, 1.82) is 0 Å². The molecule has 0 aromatic carbocycles. The highest BCUT2D eigenvalue weighted by Gasteiger charge is 2.21. The lowest BCUT2D eigenvalue weighted by Crippen LogP contribution is -2.20. The Kier molecular flexibility index (Phi) is 15.1. The zero-order valence-electron chi connectivity index (χ0n) is 15.9. The second-order valence-corrected chi connectivity index (χ2v) is 8.82. The molecule has 0 aromatic rings. The first kappa shape index (κ1) is 23.9. The minimum absolute atomic E-state index is 0.264. The molecule has 0 fully saturated rings. The fraction of sp³-hybridized carbons (Fsp3) is 1.00. The molecule has 0 heterocycles. The first-order valence-electron chi connectivity index (χ1n) is 10.1. The van der Waals surface area contributed by atoms with Crippen LogP contribution in [0.3, 0.4) is 0 Å². The van der Waals surface area contributed by atoms with Crippen LogP contribution in [0, 0.1) is 0 Å².